The number of nitriles is 1. The molecule has 12 heavy (non-hydrogen) atoms. The van der Waals surface area contributed by atoms with E-state index < -0.39 is 5.82 Å². The van der Waals surface area contributed by atoms with E-state index in [1.54, 1.807) is 0 Å². The number of rotatable bonds is 1. The van der Waals surface area contributed by atoms with Crippen LogP contribution < -0.4 is 0 Å². The van der Waals surface area contributed by atoms with E-state index in [9.17, 15) is 4.39 Å². The van der Waals surface area contributed by atoms with Crippen molar-refractivity contribution < 1.29 is 9.50 Å². The van der Waals surface area contributed by atoms with Crippen LogP contribution in [0.25, 0.3) is 0 Å². The molecule has 4 heteroatoms. The van der Waals surface area contributed by atoms with Crippen molar-refractivity contribution in [3.8, 4) is 11.8 Å². The van der Waals surface area contributed by atoms with Crippen LogP contribution in [0.2, 0.25) is 0 Å². The van der Waals surface area contributed by atoms with Gasteiger partial charge in [-0.1, -0.05) is 0 Å². The summed E-state index contributed by atoms with van der Waals surface area (Å²) in [5.74, 6) is -0.539. The second-order valence-electron chi connectivity index (χ2n) is 2.19. The lowest BCUT2D eigenvalue weighted by molar-refractivity contribution is 0.468. The van der Waals surface area contributed by atoms with Gasteiger partial charge in [0.2, 0.25) is 0 Å². The lowest BCUT2D eigenvalue weighted by Crippen LogP contribution is -1.90. The zero-order valence-electron chi connectivity index (χ0n) is 6.01. The zero-order chi connectivity index (χ0) is 9.14. The number of halogens is 2. The standard InChI is InChI=1S/C8H5BrFNO/c9-8-5(3-4-11)6(10)1-2-7(8)12/h1-2,12H,3H2. The quantitative estimate of drug-likeness (QED) is 0.804. The van der Waals surface area contributed by atoms with Crippen LogP contribution in [0.3, 0.4) is 0 Å². The Morgan fingerprint density at radius 3 is 2.83 bits per heavy atom. The minimum absolute atomic E-state index is 0.0540. The summed E-state index contributed by atoms with van der Waals surface area (Å²) in [6, 6.07) is 4.18. The van der Waals surface area contributed by atoms with Gasteiger partial charge in [0.1, 0.15) is 11.6 Å². The predicted octanol–water partition coefficient (Wildman–Crippen LogP) is 2.36. The molecule has 62 valence electrons. The summed E-state index contributed by atoms with van der Waals surface area (Å²) in [7, 11) is 0. The van der Waals surface area contributed by atoms with Gasteiger partial charge in [0.05, 0.1) is 17.0 Å². The Hall–Kier alpha value is -1.08. The predicted molar refractivity (Wildman–Crippen MR) is 45.1 cm³/mol. The van der Waals surface area contributed by atoms with Crippen molar-refractivity contribution in [1.29, 1.82) is 5.26 Å². The Kier molecular flexibility index (Phi) is 2.66. The maximum absolute atomic E-state index is 12.9. The first-order chi connectivity index (χ1) is 5.66. The molecule has 0 bridgehead atoms. The summed E-state index contributed by atoms with van der Waals surface area (Å²) < 4.78 is 13.2. The van der Waals surface area contributed by atoms with E-state index in [0.29, 0.717) is 0 Å². The van der Waals surface area contributed by atoms with Crippen LogP contribution in [0.5, 0.6) is 5.75 Å². The SMILES string of the molecule is N#CCc1c(F)ccc(O)c1Br. The molecule has 0 heterocycles. The number of aromatic hydroxyl groups is 1. The third-order valence-corrected chi connectivity index (χ3v) is 2.31. The highest BCUT2D eigenvalue weighted by molar-refractivity contribution is 9.10. The zero-order valence-corrected chi connectivity index (χ0v) is 7.60. The van der Waals surface area contributed by atoms with Gasteiger partial charge in [-0.15, -0.1) is 0 Å². The van der Waals surface area contributed by atoms with Crippen molar-refractivity contribution in [2.45, 2.75) is 6.42 Å². The number of hydrogen-bond donors (Lipinski definition) is 1. The molecule has 0 atom stereocenters. The summed E-state index contributed by atoms with van der Waals surface area (Å²) in [6.07, 6.45) is -0.0547. The average molecular weight is 230 g/mol. The van der Waals surface area contributed by atoms with Crippen LogP contribution in [-0.2, 0) is 6.42 Å². The van der Waals surface area contributed by atoms with Crippen LogP contribution >= 0.6 is 15.9 Å². The number of hydrogen-bond acceptors (Lipinski definition) is 2. The van der Waals surface area contributed by atoms with Gasteiger partial charge in [0.25, 0.3) is 0 Å². The van der Waals surface area contributed by atoms with Gasteiger partial charge in [-0.05, 0) is 28.1 Å². The molecule has 0 amide bonds. The summed E-state index contributed by atoms with van der Waals surface area (Å²) in [5, 5.41) is 17.5. The molecule has 1 N–H and O–H groups in total. The number of phenolic OH excluding ortho intramolecular Hbond substituents is 1. The van der Waals surface area contributed by atoms with Crippen molar-refractivity contribution in [3.05, 3.63) is 28.0 Å². The fourth-order valence-electron chi connectivity index (χ4n) is 0.826. The Bertz CT molecular complexity index is 346. The molecular weight excluding hydrogens is 225 g/mol. The Labute approximate surface area is 77.4 Å². The van der Waals surface area contributed by atoms with Gasteiger partial charge in [-0.3, -0.25) is 0 Å². The van der Waals surface area contributed by atoms with E-state index in [1.165, 1.54) is 6.07 Å². The van der Waals surface area contributed by atoms with E-state index in [4.69, 9.17) is 10.4 Å². The minimum Gasteiger partial charge on any atom is -0.507 e. The topological polar surface area (TPSA) is 44.0 Å². The molecule has 0 aliphatic carbocycles. The normalized spacial score (nSPS) is 9.42. The summed E-state index contributed by atoms with van der Waals surface area (Å²) >= 11 is 2.99. The molecular formula is C8H5BrFNO. The second kappa shape index (κ2) is 3.55. The van der Waals surface area contributed by atoms with Crippen LogP contribution in [-0.4, -0.2) is 5.11 Å². The molecule has 1 aromatic rings. The van der Waals surface area contributed by atoms with Gasteiger partial charge < -0.3 is 5.11 Å². The fourth-order valence-corrected chi connectivity index (χ4v) is 1.29. The van der Waals surface area contributed by atoms with Gasteiger partial charge in [0.15, 0.2) is 0 Å². The third-order valence-electron chi connectivity index (χ3n) is 1.42. The molecule has 0 unspecified atom stereocenters. The van der Waals surface area contributed by atoms with Gasteiger partial charge in [0, 0.05) is 5.56 Å². The maximum Gasteiger partial charge on any atom is 0.130 e. The Morgan fingerprint density at radius 1 is 1.58 bits per heavy atom. The largest absolute Gasteiger partial charge is 0.507 e. The number of nitrogens with zero attached hydrogens (tertiary/aromatic N) is 1. The first-order valence-corrected chi connectivity index (χ1v) is 3.99. The van der Waals surface area contributed by atoms with Gasteiger partial charge in [-0.2, -0.15) is 5.26 Å². The molecule has 0 saturated heterocycles. The van der Waals surface area contributed by atoms with Gasteiger partial charge >= 0.3 is 0 Å². The third kappa shape index (κ3) is 1.56. The monoisotopic (exact) mass is 229 g/mol. The summed E-state index contributed by atoms with van der Waals surface area (Å²) in [6.45, 7) is 0. The smallest absolute Gasteiger partial charge is 0.130 e. The number of phenols is 1. The van der Waals surface area contributed by atoms with Crippen molar-refractivity contribution in [3.63, 3.8) is 0 Å². The lowest BCUT2D eigenvalue weighted by atomic mass is 10.1. The van der Waals surface area contributed by atoms with Crippen molar-refractivity contribution in [2.24, 2.45) is 0 Å². The molecule has 2 nitrogen and oxygen atoms in total. The van der Waals surface area contributed by atoms with Crippen molar-refractivity contribution >= 4 is 15.9 Å². The molecule has 0 aliphatic heterocycles. The molecule has 0 spiro atoms. The van der Waals surface area contributed by atoms with Crippen molar-refractivity contribution in [1.82, 2.24) is 0 Å². The Balaban J connectivity index is 3.25. The highest BCUT2D eigenvalue weighted by Crippen LogP contribution is 2.29. The molecule has 0 aliphatic rings. The first-order valence-electron chi connectivity index (χ1n) is 3.19. The Morgan fingerprint density at radius 2 is 2.25 bits per heavy atom. The van der Waals surface area contributed by atoms with Crippen LogP contribution in [0, 0.1) is 17.1 Å². The average Bonchev–Trinajstić information content (AvgIpc) is 2.06. The summed E-state index contributed by atoms with van der Waals surface area (Å²) in [4.78, 5) is 0. The van der Waals surface area contributed by atoms with Crippen LogP contribution in [0.4, 0.5) is 4.39 Å². The molecule has 0 fully saturated rings. The van der Waals surface area contributed by atoms with Crippen LogP contribution in [0.1, 0.15) is 5.56 Å². The highest BCUT2D eigenvalue weighted by Gasteiger charge is 2.09. The minimum atomic E-state index is -0.485. The van der Waals surface area contributed by atoms with Crippen LogP contribution in [0.15, 0.2) is 16.6 Å². The lowest BCUT2D eigenvalue weighted by Gasteiger charge is -2.02. The van der Waals surface area contributed by atoms with E-state index >= 15 is 0 Å². The molecule has 1 aromatic carbocycles. The molecule has 0 aromatic heterocycles. The van der Waals surface area contributed by atoms with Crippen molar-refractivity contribution in [2.75, 3.05) is 0 Å². The first kappa shape index (κ1) is 9.01. The molecule has 0 saturated carbocycles. The summed E-state index contributed by atoms with van der Waals surface area (Å²) in [5.41, 5.74) is 0.192. The van der Waals surface area contributed by atoms with Gasteiger partial charge in [-0.25, -0.2) is 4.39 Å². The number of benzene rings is 1. The second-order valence-corrected chi connectivity index (χ2v) is 2.99. The van der Waals surface area contributed by atoms with E-state index in [2.05, 4.69) is 15.9 Å². The fraction of sp³-hybridized carbons (Fsp3) is 0.125. The van der Waals surface area contributed by atoms with E-state index in [1.807, 2.05) is 6.07 Å². The van der Waals surface area contributed by atoms with E-state index in [-0.39, 0.29) is 22.2 Å². The molecule has 1 rings (SSSR count). The molecule has 0 radical (unpaired) electrons. The highest BCUT2D eigenvalue weighted by atomic mass is 79.9. The van der Waals surface area contributed by atoms with E-state index in [0.717, 1.165) is 6.07 Å². The maximum atomic E-state index is 12.9.